The van der Waals surface area contributed by atoms with Crippen molar-refractivity contribution in [3.8, 4) is 0 Å². The van der Waals surface area contributed by atoms with E-state index < -0.39 is 29.9 Å². The summed E-state index contributed by atoms with van der Waals surface area (Å²) < 4.78 is 5.10. The number of alkyl carbamates (subject to hydrolysis) is 1. The van der Waals surface area contributed by atoms with Gasteiger partial charge in [-0.05, 0) is 12.0 Å². The molecule has 0 saturated carbocycles. The second-order valence-corrected chi connectivity index (χ2v) is 5.89. The van der Waals surface area contributed by atoms with Gasteiger partial charge in [0.1, 0.15) is 12.6 Å². The van der Waals surface area contributed by atoms with Crippen LogP contribution in [-0.2, 0) is 30.6 Å². The van der Waals surface area contributed by atoms with E-state index in [1.165, 1.54) is 0 Å². The highest BCUT2D eigenvalue weighted by Gasteiger charge is 2.35. The SMILES string of the molecule is CCCC[C@H](NC(=O)OCc1ccccc1)C(=O)ON1C(=O)CCC1=O. The Balaban J connectivity index is 1.90. The molecular weight excluding hydrogens is 340 g/mol. The number of rotatable bonds is 8. The number of imide groups is 1. The molecule has 1 aliphatic rings. The summed E-state index contributed by atoms with van der Waals surface area (Å²) in [5.74, 6) is -1.99. The summed E-state index contributed by atoms with van der Waals surface area (Å²) in [5.41, 5.74) is 0.809. The number of nitrogens with one attached hydrogen (secondary N) is 1. The molecule has 140 valence electrons. The zero-order chi connectivity index (χ0) is 18.9. The number of nitrogens with zero attached hydrogens (tertiary/aromatic N) is 1. The zero-order valence-electron chi connectivity index (χ0n) is 14.6. The molecule has 1 aromatic rings. The average molecular weight is 362 g/mol. The summed E-state index contributed by atoms with van der Waals surface area (Å²) in [6, 6.07) is 8.10. The molecule has 0 radical (unpaired) electrons. The normalized spacial score (nSPS) is 14.9. The Morgan fingerprint density at radius 2 is 1.81 bits per heavy atom. The summed E-state index contributed by atoms with van der Waals surface area (Å²) in [6.45, 7) is 1.99. The minimum atomic E-state index is -1.00. The van der Waals surface area contributed by atoms with E-state index in [0.717, 1.165) is 12.0 Å². The fourth-order valence-electron chi connectivity index (χ4n) is 2.38. The van der Waals surface area contributed by atoms with E-state index in [9.17, 15) is 19.2 Å². The quantitative estimate of drug-likeness (QED) is 0.711. The van der Waals surface area contributed by atoms with Crippen molar-refractivity contribution >= 4 is 23.9 Å². The Bertz CT molecular complexity index is 645. The van der Waals surface area contributed by atoms with Gasteiger partial charge >= 0.3 is 12.1 Å². The first-order valence-corrected chi connectivity index (χ1v) is 8.56. The summed E-state index contributed by atoms with van der Waals surface area (Å²) in [4.78, 5) is 52.2. The third-order valence-corrected chi connectivity index (χ3v) is 3.82. The van der Waals surface area contributed by atoms with Crippen LogP contribution >= 0.6 is 0 Å². The Kier molecular flexibility index (Phi) is 7.13. The van der Waals surface area contributed by atoms with E-state index in [2.05, 4.69) is 5.32 Å². The van der Waals surface area contributed by atoms with Crippen LogP contribution in [0.1, 0.15) is 44.6 Å². The summed E-state index contributed by atoms with van der Waals surface area (Å²) in [6.07, 6.45) is 1.01. The van der Waals surface area contributed by atoms with Crippen molar-refractivity contribution in [3.05, 3.63) is 35.9 Å². The van der Waals surface area contributed by atoms with Crippen LogP contribution in [0.2, 0.25) is 0 Å². The van der Waals surface area contributed by atoms with Gasteiger partial charge in [-0.3, -0.25) is 9.59 Å². The molecule has 0 bridgehead atoms. The van der Waals surface area contributed by atoms with Crippen molar-refractivity contribution in [2.45, 2.75) is 51.7 Å². The van der Waals surface area contributed by atoms with E-state index in [1.807, 2.05) is 25.1 Å². The second kappa shape index (κ2) is 9.55. The molecule has 1 saturated heterocycles. The number of unbranched alkanes of at least 4 members (excludes halogenated alkanes) is 1. The minimum Gasteiger partial charge on any atom is -0.445 e. The molecular formula is C18H22N2O6. The molecule has 2 rings (SSSR count). The molecule has 0 aromatic heterocycles. The maximum atomic E-state index is 12.3. The van der Waals surface area contributed by atoms with Gasteiger partial charge in [-0.1, -0.05) is 50.1 Å². The lowest BCUT2D eigenvalue weighted by atomic mass is 10.1. The van der Waals surface area contributed by atoms with E-state index >= 15 is 0 Å². The number of amides is 3. The van der Waals surface area contributed by atoms with Gasteiger partial charge in [0, 0.05) is 12.8 Å². The molecule has 0 spiro atoms. The Hall–Kier alpha value is -2.90. The topological polar surface area (TPSA) is 102 Å². The van der Waals surface area contributed by atoms with Crippen LogP contribution in [-0.4, -0.2) is 35.0 Å². The highest BCUT2D eigenvalue weighted by Crippen LogP contribution is 2.14. The molecule has 1 aliphatic heterocycles. The van der Waals surface area contributed by atoms with Crippen molar-refractivity contribution in [2.24, 2.45) is 0 Å². The molecule has 8 heteroatoms. The Labute approximate surface area is 151 Å². The largest absolute Gasteiger partial charge is 0.445 e. The number of carbonyl (C=O) groups is 4. The number of hydroxylamine groups is 2. The number of hydrogen-bond acceptors (Lipinski definition) is 6. The van der Waals surface area contributed by atoms with Gasteiger partial charge in [0.2, 0.25) is 0 Å². The van der Waals surface area contributed by atoms with Gasteiger partial charge in [0.05, 0.1) is 0 Å². The lowest BCUT2D eigenvalue weighted by molar-refractivity contribution is -0.199. The average Bonchev–Trinajstić information content (AvgIpc) is 2.96. The van der Waals surface area contributed by atoms with Crippen LogP contribution in [0, 0.1) is 0 Å². The number of carbonyl (C=O) groups excluding carboxylic acids is 4. The molecule has 0 aliphatic carbocycles. The van der Waals surface area contributed by atoms with E-state index in [1.54, 1.807) is 12.1 Å². The predicted molar refractivity (Wildman–Crippen MR) is 90.3 cm³/mol. The molecule has 26 heavy (non-hydrogen) atoms. The number of ether oxygens (including phenoxy) is 1. The minimum absolute atomic E-state index is 0.0122. The number of benzene rings is 1. The van der Waals surface area contributed by atoms with Crippen LogP contribution < -0.4 is 5.32 Å². The second-order valence-electron chi connectivity index (χ2n) is 5.89. The van der Waals surface area contributed by atoms with Crippen LogP contribution in [0.15, 0.2) is 30.3 Å². The smallest absolute Gasteiger partial charge is 0.408 e. The lowest BCUT2D eigenvalue weighted by Crippen LogP contribution is -2.45. The van der Waals surface area contributed by atoms with Gasteiger partial charge < -0.3 is 14.9 Å². The Morgan fingerprint density at radius 3 is 2.42 bits per heavy atom. The highest BCUT2D eigenvalue weighted by atomic mass is 16.7. The van der Waals surface area contributed by atoms with Crippen molar-refractivity contribution < 1.29 is 28.8 Å². The fraction of sp³-hybridized carbons (Fsp3) is 0.444. The maximum absolute atomic E-state index is 12.3. The highest BCUT2D eigenvalue weighted by molar-refractivity contribution is 6.01. The van der Waals surface area contributed by atoms with Crippen molar-refractivity contribution in [3.63, 3.8) is 0 Å². The zero-order valence-corrected chi connectivity index (χ0v) is 14.6. The van der Waals surface area contributed by atoms with Gasteiger partial charge in [-0.15, -0.1) is 5.06 Å². The van der Waals surface area contributed by atoms with E-state index in [0.29, 0.717) is 17.9 Å². The van der Waals surface area contributed by atoms with Crippen molar-refractivity contribution in [1.29, 1.82) is 0 Å². The summed E-state index contributed by atoms with van der Waals surface area (Å²) in [7, 11) is 0. The lowest BCUT2D eigenvalue weighted by Gasteiger charge is -2.19. The molecule has 1 fully saturated rings. The molecule has 1 heterocycles. The first-order chi connectivity index (χ1) is 12.5. The number of hydrogen-bond donors (Lipinski definition) is 1. The van der Waals surface area contributed by atoms with Crippen LogP contribution in [0.4, 0.5) is 4.79 Å². The molecule has 3 amide bonds. The molecule has 1 aromatic carbocycles. The van der Waals surface area contributed by atoms with Crippen molar-refractivity contribution in [1.82, 2.24) is 10.4 Å². The molecule has 1 N–H and O–H groups in total. The van der Waals surface area contributed by atoms with Gasteiger partial charge in [0.25, 0.3) is 11.8 Å². The summed E-state index contributed by atoms with van der Waals surface area (Å²) in [5, 5.41) is 2.91. The van der Waals surface area contributed by atoms with E-state index in [-0.39, 0.29) is 19.4 Å². The molecule has 0 unspecified atom stereocenters. The predicted octanol–water partition coefficient (Wildman–Crippen LogP) is 2.08. The van der Waals surface area contributed by atoms with Gasteiger partial charge in [-0.2, -0.15) is 0 Å². The van der Waals surface area contributed by atoms with Crippen LogP contribution in [0.3, 0.4) is 0 Å². The van der Waals surface area contributed by atoms with Gasteiger partial charge in [-0.25, -0.2) is 9.59 Å². The van der Waals surface area contributed by atoms with Crippen LogP contribution in [0.25, 0.3) is 0 Å². The van der Waals surface area contributed by atoms with E-state index in [4.69, 9.17) is 9.57 Å². The monoisotopic (exact) mass is 362 g/mol. The van der Waals surface area contributed by atoms with Crippen molar-refractivity contribution in [2.75, 3.05) is 0 Å². The third-order valence-electron chi connectivity index (χ3n) is 3.82. The first kappa shape index (κ1) is 19.4. The molecule has 8 nitrogen and oxygen atoms in total. The van der Waals surface area contributed by atoms with Gasteiger partial charge in [0.15, 0.2) is 0 Å². The van der Waals surface area contributed by atoms with Crippen LogP contribution in [0.5, 0.6) is 0 Å². The third kappa shape index (κ3) is 5.58. The molecule has 1 atom stereocenters. The summed E-state index contributed by atoms with van der Waals surface area (Å²) >= 11 is 0. The first-order valence-electron chi connectivity index (χ1n) is 8.56. The Morgan fingerprint density at radius 1 is 1.15 bits per heavy atom. The standard InChI is InChI=1S/C18H22N2O6/c1-2-3-9-14(17(23)26-20-15(21)10-11-16(20)22)19-18(24)25-12-13-7-5-4-6-8-13/h4-8,14H,2-3,9-12H2,1H3,(H,19,24)/t14-/m0/s1. The maximum Gasteiger partial charge on any atom is 0.408 e. The fourth-order valence-corrected chi connectivity index (χ4v) is 2.38.